The number of aromatic nitrogens is 2. The van der Waals surface area contributed by atoms with E-state index in [9.17, 15) is 0 Å². The Morgan fingerprint density at radius 3 is 2.57 bits per heavy atom. The van der Waals surface area contributed by atoms with Crippen LogP contribution in [0.3, 0.4) is 0 Å². The number of fused-ring (bicyclic) bond motifs is 1. The van der Waals surface area contributed by atoms with Gasteiger partial charge in [0.2, 0.25) is 5.95 Å². The standard InChI is InChI=1S/C16H14ClN3S/c17-14-13-12(11-6-2-1-3-7-11)10-21-15(13)19-16(18-14)20-8-4-5-9-20/h1-3,6-7,10H,4-5,8-9H2. The van der Waals surface area contributed by atoms with Crippen LogP contribution in [0.2, 0.25) is 5.15 Å². The minimum absolute atomic E-state index is 0.557. The topological polar surface area (TPSA) is 29.0 Å². The molecule has 0 unspecified atom stereocenters. The number of thiophene rings is 1. The number of hydrogen-bond donors (Lipinski definition) is 0. The van der Waals surface area contributed by atoms with Crippen LogP contribution in [0.1, 0.15) is 12.8 Å². The van der Waals surface area contributed by atoms with Crippen LogP contribution in [0, 0.1) is 0 Å². The predicted octanol–water partition coefficient (Wildman–Crippen LogP) is 4.61. The Hall–Kier alpha value is -1.65. The number of benzene rings is 1. The summed E-state index contributed by atoms with van der Waals surface area (Å²) in [6.07, 6.45) is 2.41. The van der Waals surface area contributed by atoms with Gasteiger partial charge in [0.15, 0.2) is 0 Å². The van der Waals surface area contributed by atoms with E-state index >= 15 is 0 Å². The average Bonchev–Trinajstić information content (AvgIpc) is 3.17. The number of rotatable bonds is 2. The summed E-state index contributed by atoms with van der Waals surface area (Å²) in [4.78, 5) is 12.4. The van der Waals surface area contributed by atoms with E-state index < -0.39 is 0 Å². The highest BCUT2D eigenvalue weighted by molar-refractivity contribution is 7.17. The van der Waals surface area contributed by atoms with E-state index in [0.717, 1.165) is 40.4 Å². The number of nitrogens with zero attached hydrogens (tertiary/aromatic N) is 3. The molecule has 0 atom stereocenters. The first-order valence-electron chi connectivity index (χ1n) is 7.08. The van der Waals surface area contributed by atoms with Crippen LogP contribution in [0.5, 0.6) is 0 Å². The lowest BCUT2D eigenvalue weighted by molar-refractivity contribution is 0.909. The Morgan fingerprint density at radius 1 is 1.05 bits per heavy atom. The van der Waals surface area contributed by atoms with Crippen molar-refractivity contribution in [1.29, 1.82) is 0 Å². The zero-order valence-corrected chi connectivity index (χ0v) is 13.0. The summed E-state index contributed by atoms with van der Waals surface area (Å²) >= 11 is 8.10. The highest BCUT2D eigenvalue weighted by Crippen LogP contribution is 2.37. The third kappa shape index (κ3) is 2.28. The molecule has 0 amide bonds. The molecule has 3 heterocycles. The maximum atomic E-state index is 6.47. The van der Waals surface area contributed by atoms with Gasteiger partial charge in [-0.3, -0.25) is 0 Å². The highest BCUT2D eigenvalue weighted by atomic mass is 35.5. The summed E-state index contributed by atoms with van der Waals surface area (Å²) in [5.41, 5.74) is 2.27. The molecule has 1 aliphatic rings. The first-order valence-corrected chi connectivity index (χ1v) is 8.34. The Kier molecular flexibility index (Phi) is 3.28. The fourth-order valence-corrected chi connectivity index (χ4v) is 4.04. The minimum Gasteiger partial charge on any atom is -0.341 e. The summed E-state index contributed by atoms with van der Waals surface area (Å²) in [6.45, 7) is 2.05. The normalized spacial score (nSPS) is 15.0. The van der Waals surface area contributed by atoms with Crippen molar-refractivity contribution in [2.45, 2.75) is 12.8 Å². The van der Waals surface area contributed by atoms with E-state index in [1.54, 1.807) is 11.3 Å². The fraction of sp³-hybridized carbons (Fsp3) is 0.250. The van der Waals surface area contributed by atoms with Crippen LogP contribution >= 0.6 is 22.9 Å². The molecule has 0 radical (unpaired) electrons. The summed E-state index contributed by atoms with van der Waals surface area (Å²) in [7, 11) is 0. The van der Waals surface area contributed by atoms with Gasteiger partial charge in [-0.1, -0.05) is 41.9 Å². The zero-order valence-electron chi connectivity index (χ0n) is 11.4. The zero-order chi connectivity index (χ0) is 14.2. The van der Waals surface area contributed by atoms with E-state index in [0.29, 0.717) is 5.15 Å². The molecule has 21 heavy (non-hydrogen) atoms. The number of anilines is 1. The second-order valence-corrected chi connectivity index (χ2v) is 6.42. The molecule has 1 fully saturated rings. The lowest BCUT2D eigenvalue weighted by atomic mass is 10.1. The van der Waals surface area contributed by atoms with Gasteiger partial charge in [0, 0.05) is 24.0 Å². The monoisotopic (exact) mass is 315 g/mol. The molecule has 3 nitrogen and oxygen atoms in total. The van der Waals surface area contributed by atoms with Crippen molar-refractivity contribution in [1.82, 2.24) is 9.97 Å². The molecule has 0 aliphatic carbocycles. The van der Waals surface area contributed by atoms with Gasteiger partial charge in [0.1, 0.15) is 9.98 Å². The molecular weight excluding hydrogens is 302 g/mol. The second-order valence-electron chi connectivity index (χ2n) is 5.20. The first kappa shape index (κ1) is 13.0. The second kappa shape index (κ2) is 5.28. The largest absolute Gasteiger partial charge is 0.341 e. The van der Waals surface area contributed by atoms with Crippen molar-refractivity contribution in [3.63, 3.8) is 0 Å². The minimum atomic E-state index is 0.557. The molecule has 2 aromatic heterocycles. The van der Waals surface area contributed by atoms with Gasteiger partial charge >= 0.3 is 0 Å². The van der Waals surface area contributed by atoms with E-state index in [1.165, 1.54) is 12.8 Å². The summed E-state index contributed by atoms with van der Waals surface area (Å²) in [5.74, 6) is 0.770. The van der Waals surface area contributed by atoms with Crippen molar-refractivity contribution >= 4 is 39.1 Å². The summed E-state index contributed by atoms with van der Waals surface area (Å²) in [5, 5.41) is 3.65. The van der Waals surface area contributed by atoms with Gasteiger partial charge < -0.3 is 4.90 Å². The molecule has 3 aromatic rings. The number of halogens is 1. The van der Waals surface area contributed by atoms with Gasteiger partial charge in [-0.05, 0) is 18.4 Å². The average molecular weight is 316 g/mol. The molecular formula is C16H14ClN3S. The predicted molar refractivity (Wildman–Crippen MR) is 89.3 cm³/mol. The molecule has 1 aliphatic heterocycles. The van der Waals surface area contributed by atoms with Gasteiger partial charge in [0.25, 0.3) is 0 Å². The molecule has 0 N–H and O–H groups in total. The maximum absolute atomic E-state index is 6.47. The summed E-state index contributed by atoms with van der Waals surface area (Å²) < 4.78 is 0. The van der Waals surface area contributed by atoms with Crippen molar-refractivity contribution in [3.05, 3.63) is 40.9 Å². The van der Waals surface area contributed by atoms with Gasteiger partial charge in [-0.25, -0.2) is 9.97 Å². The van der Waals surface area contributed by atoms with Crippen LogP contribution < -0.4 is 4.90 Å². The van der Waals surface area contributed by atoms with E-state index in [1.807, 2.05) is 18.2 Å². The smallest absolute Gasteiger partial charge is 0.228 e. The first-order chi connectivity index (χ1) is 10.3. The molecule has 0 saturated carbocycles. The Bertz CT molecular complexity index is 779. The Balaban J connectivity index is 1.85. The maximum Gasteiger partial charge on any atom is 0.228 e. The van der Waals surface area contributed by atoms with Crippen molar-refractivity contribution in [2.24, 2.45) is 0 Å². The quantitative estimate of drug-likeness (QED) is 0.647. The molecule has 1 aromatic carbocycles. The summed E-state index contributed by atoms with van der Waals surface area (Å²) in [6, 6.07) is 10.3. The number of hydrogen-bond acceptors (Lipinski definition) is 4. The SMILES string of the molecule is Clc1nc(N2CCCC2)nc2scc(-c3ccccc3)c12. The molecule has 0 bridgehead atoms. The van der Waals surface area contributed by atoms with Crippen molar-refractivity contribution in [3.8, 4) is 11.1 Å². The lowest BCUT2D eigenvalue weighted by Gasteiger charge is -2.15. The fourth-order valence-electron chi connectivity index (χ4n) is 2.78. The Morgan fingerprint density at radius 2 is 1.81 bits per heavy atom. The van der Waals surface area contributed by atoms with Crippen LogP contribution in [0.25, 0.3) is 21.3 Å². The van der Waals surface area contributed by atoms with Gasteiger partial charge in [-0.2, -0.15) is 0 Å². The van der Waals surface area contributed by atoms with E-state index in [2.05, 4.69) is 27.4 Å². The third-order valence-electron chi connectivity index (χ3n) is 3.85. The van der Waals surface area contributed by atoms with Gasteiger partial charge in [-0.15, -0.1) is 11.3 Å². The van der Waals surface area contributed by atoms with E-state index in [-0.39, 0.29) is 0 Å². The van der Waals surface area contributed by atoms with E-state index in [4.69, 9.17) is 16.6 Å². The molecule has 106 valence electrons. The molecule has 4 rings (SSSR count). The van der Waals surface area contributed by atoms with Crippen LogP contribution in [0.15, 0.2) is 35.7 Å². The highest BCUT2D eigenvalue weighted by Gasteiger charge is 2.19. The molecule has 1 saturated heterocycles. The lowest BCUT2D eigenvalue weighted by Crippen LogP contribution is -2.20. The van der Waals surface area contributed by atoms with Crippen LogP contribution in [-0.2, 0) is 0 Å². The van der Waals surface area contributed by atoms with Crippen LogP contribution in [-0.4, -0.2) is 23.1 Å². The Labute approximate surface area is 132 Å². The van der Waals surface area contributed by atoms with Gasteiger partial charge in [0.05, 0.1) is 5.39 Å². The van der Waals surface area contributed by atoms with Crippen molar-refractivity contribution in [2.75, 3.05) is 18.0 Å². The molecule has 0 spiro atoms. The molecule has 5 heteroatoms. The third-order valence-corrected chi connectivity index (χ3v) is 5.00. The van der Waals surface area contributed by atoms with Crippen LogP contribution in [0.4, 0.5) is 5.95 Å². The van der Waals surface area contributed by atoms with Crippen molar-refractivity contribution < 1.29 is 0 Å².